The van der Waals surface area contributed by atoms with Crippen LogP contribution in [0.1, 0.15) is 30.1 Å². The minimum atomic E-state index is 0.105. The number of halogens is 2. The highest BCUT2D eigenvalue weighted by molar-refractivity contribution is 9.10. The first-order valence-electron chi connectivity index (χ1n) is 6.67. The Balaban J connectivity index is 2.58. The van der Waals surface area contributed by atoms with E-state index < -0.39 is 0 Å². The van der Waals surface area contributed by atoms with Gasteiger partial charge >= 0.3 is 0 Å². The summed E-state index contributed by atoms with van der Waals surface area (Å²) in [5.41, 5.74) is 0.612. The Labute approximate surface area is 139 Å². The lowest BCUT2D eigenvalue weighted by Gasteiger charge is -2.26. The fraction of sp³-hybridized carbons (Fsp3) is 0.533. The first-order valence-corrected chi connectivity index (χ1v) is 9.23. The fourth-order valence-electron chi connectivity index (χ4n) is 2.06. The van der Waals surface area contributed by atoms with Crippen molar-refractivity contribution in [3.63, 3.8) is 0 Å². The van der Waals surface area contributed by atoms with Crippen LogP contribution in [0, 0.1) is 0 Å². The second kappa shape index (κ2) is 9.08. The topological polar surface area (TPSA) is 20.3 Å². The van der Waals surface area contributed by atoms with Gasteiger partial charge in [0.25, 0.3) is 0 Å². The average molecular weight is 379 g/mol. The molecule has 1 rings (SSSR count). The molecule has 0 radical (unpaired) electrons. The number of hydrogen-bond donors (Lipinski definition) is 0. The van der Waals surface area contributed by atoms with E-state index in [-0.39, 0.29) is 5.78 Å². The summed E-state index contributed by atoms with van der Waals surface area (Å²) in [4.78, 5) is 14.5. The normalized spacial score (nSPS) is 12.7. The third kappa shape index (κ3) is 5.40. The van der Waals surface area contributed by atoms with Crippen LogP contribution >= 0.6 is 39.3 Å². The van der Waals surface area contributed by atoms with Crippen molar-refractivity contribution in [2.45, 2.75) is 25.8 Å². The molecule has 2 nitrogen and oxygen atoms in total. The summed E-state index contributed by atoms with van der Waals surface area (Å²) in [6, 6.07) is 5.93. The summed E-state index contributed by atoms with van der Waals surface area (Å²) in [5.74, 6) is 1.20. The molecule has 5 heteroatoms. The molecule has 0 aliphatic rings. The van der Waals surface area contributed by atoms with Crippen molar-refractivity contribution in [3.05, 3.63) is 33.3 Å². The molecular weight excluding hydrogens is 358 g/mol. The van der Waals surface area contributed by atoms with E-state index in [0.717, 1.165) is 23.2 Å². The van der Waals surface area contributed by atoms with Gasteiger partial charge in [-0.25, -0.2) is 0 Å². The van der Waals surface area contributed by atoms with Crippen LogP contribution in [0.4, 0.5) is 0 Å². The Bertz CT molecular complexity index is 455. The first-order chi connectivity index (χ1) is 9.49. The molecule has 1 aromatic carbocycles. The molecule has 0 fully saturated rings. The Kier molecular flexibility index (Phi) is 8.18. The first kappa shape index (κ1) is 18.0. The lowest BCUT2D eigenvalue weighted by molar-refractivity contribution is 0.0962. The quantitative estimate of drug-likeness (QED) is 0.609. The third-order valence-corrected chi connectivity index (χ3v) is 4.90. The van der Waals surface area contributed by atoms with E-state index >= 15 is 0 Å². The average Bonchev–Trinajstić information content (AvgIpc) is 2.41. The molecule has 112 valence electrons. The molecule has 0 heterocycles. The minimum absolute atomic E-state index is 0.105. The van der Waals surface area contributed by atoms with E-state index in [0.29, 0.717) is 23.0 Å². The van der Waals surface area contributed by atoms with Gasteiger partial charge in [-0.15, -0.1) is 0 Å². The van der Waals surface area contributed by atoms with Crippen LogP contribution in [0.5, 0.6) is 0 Å². The third-order valence-electron chi connectivity index (χ3n) is 3.38. The second-order valence-electron chi connectivity index (χ2n) is 4.80. The zero-order valence-corrected chi connectivity index (χ0v) is 15.3. The summed E-state index contributed by atoms with van der Waals surface area (Å²) >= 11 is 11.3. The summed E-state index contributed by atoms with van der Waals surface area (Å²) in [6.45, 7) is 2.95. The predicted molar refractivity (Wildman–Crippen MR) is 93.2 cm³/mol. The molecule has 0 saturated heterocycles. The minimum Gasteiger partial charge on any atom is -0.302 e. The van der Waals surface area contributed by atoms with Gasteiger partial charge in [-0.2, -0.15) is 11.8 Å². The van der Waals surface area contributed by atoms with Gasteiger partial charge < -0.3 is 4.90 Å². The highest BCUT2D eigenvalue weighted by Crippen LogP contribution is 2.22. The number of benzene rings is 1. The van der Waals surface area contributed by atoms with Crippen molar-refractivity contribution in [3.8, 4) is 0 Å². The van der Waals surface area contributed by atoms with E-state index in [1.165, 1.54) is 0 Å². The maximum absolute atomic E-state index is 12.2. The monoisotopic (exact) mass is 377 g/mol. The summed E-state index contributed by atoms with van der Waals surface area (Å²) in [7, 11) is 2.08. The maximum Gasteiger partial charge on any atom is 0.165 e. The lowest BCUT2D eigenvalue weighted by Crippen LogP contribution is -2.34. The molecule has 1 aromatic rings. The number of carbonyl (C=O) groups is 1. The van der Waals surface area contributed by atoms with Gasteiger partial charge in [0.15, 0.2) is 5.78 Å². The summed E-state index contributed by atoms with van der Waals surface area (Å²) in [5, 5.41) is 0.517. The summed E-state index contributed by atoms with van der Waals surface area (Å²) in [6.07, 6.45) is 3.72. The number of hydrogen-bond acceptors (Lipinski definition) is 3. The Morgan fingerprint density at radius 1 is 1.50 bits per heavy atom. The molecule has 0 bridgehead atoms. The molecule has 0 amide bonds. The van der Waals surface area contributed by atoms with Gasteiger partial charge in [-0.1, -0.05) is 34.5 Å². The van der Waals surface area contributed by atoms with Gasteiger partial charge in [0.05, 0.1) is 5.02 Å². The number of rotatable bonds is 8. The zero-order chi connectivity index (χ0) is 15.1. The van der Waals surface area contributed by atoms with Crippen LogP contribution < -0.4 is 0 Å². The smallest absolute Gasteiger partial charge is 0.165 e. The van der Waals surface area contributed by atoms with Gasteiger partial charge in [0.1, 0.15) is 0 Å². The van der Waals surface area contributed by atoms with E-state index in [4.69, 9.17) is 11.6 Å². The Morgan fingerprint density at radius 2 is 2.20 bits per heavy atom. The highest BCUT2D eigenvalue weighted by atomic mass is 79.9. The van der Waals surface area contributed by atoms with Crippen LogP contribution in [0.15, 0.2) is 22.7 Å². The van der Waals surface area contributed by atoms with Crippen LogP contribution in [-0.4, -0.2) is 42.3 Å². The predicted octanol–water partition coefficient (Wildman–Crippen LogP) is 4.75. The lowest BCUT2D eigenvalue weighted by atomic mass is 10.1. The molecule has 0 aromatic heterocycles. The molecule has 0 aliphatic heterocycles. The van der Waals surface area contributed by atoms with E-state index in [2.05, 4.69) is 41.1 Å². The largest absolute Gasteiger partial charge is 0.302 e. The van der Waals surface area contributed by atoms with Crippen LogP contribution in [0.2, 0.25) is 5.02 Å². The van der Waals surface area contributed by atoms with Crippen LogP contribution in [0.25, 0.3) is 0 Å². The summed E-state index contributed by atoms with van der Waals surface area (Å²) < 4.78 is 0.891. The SMILES string of the molecule is CCC(CSC)N(C)CCC(=O)c1ccc(Br)cc1Cl. The Hall–Kier alpha value is -0.0300. The van der Waals surface area contributed by atoms with Crippen molar-refractivity contribution in [1.29, 1.82) is 0 Å². The van der Waals surface area contributed by atoms with Gasteiger partial charge in [-0.05, 0) is 37.9 Å². The number of nitrogens with zero attached hydrogens (tertiary/aromatic N) is 1. The van der Waals surface area contributed by atoms with Crippen molar-refractivity contribution in [2.24, 2.45) is 0 Å². The fourth-order valence-corrected chi connectivity index (χ4v) is 3.71. The number of ketones is 1. The molecule has 0 spiro atoms. The van der Waals surface area contributed by atoms with Crippen molar-refractivity contribution in [1.82, 2.24) is 4.90 Å². The van der Waals surface area contributed by atoms with E-state index in [1.807, 2.05) is 17.8 Å². The van der Waals surface area contributed by atoms with Crippen molar-refractivity contribution in [2.75, 3.05) is 25.6 Å². The highest BCUT2D eigenvalue weighted by Gasteiger charge is 2.15. The molecule has 1 atom stereocenters. The van der Waals surface area contributed by atoms with Crippen LogP contribution in [-0.2, 0) is 0 Å². The zero-order valence-electron chi connectivity index (χ0n) is 12.2. The van der Waals surface area contributed by atoms with Gasteiger partial charge in [-0.3, -0.25) is 4.79 Å². The van der Waals surface area contributed by atoms with Crippen LogP contribution in [0.3, 0.4) is 0 Å². The molecule has 0 aliphatic carbocycles. The standard InChI is InChI=1S/C15H21BrClNOS/c1-4-12(10-20-3)18(2)8-7-15(19)13-6-5-11(16)9-14(13)17/h5-6,9,12H,4,7-8,10H2,1-3H3. The number of thioether (sulfide) groups is 1. The Morgan fingerprint density at radius 3 is 2.75 bits per heavy atom. The molecule has 1 unspecified atom stereocenters. The maximum atomic E-state index is 12.2. The van der Waals surface area contributed by atoms with E-state index in [9.17, 15) is 4.79 Å². The molecule has 20 heavy (non-hydrogen) atoms. The molecule has 0 saturated carbocycles. The van der Waals surface area contributed by atoms with E-state index in [1.54, 1.807) is 12.1 Å². The van der Waals surface area contributed by atoms with Gasteiger partial charge in [0.2, 0.25) is 0 Å². The molecule has 0 N–H and O–H groups in total. The van der Waals surface area contributed by atoms with Crippen molar-refractivity contribution >= 4 is 45.1 Å². The number of carbonyl (C=O) groups excluding carboxylic acids is 1. The number of Topliss-reactive ketones (excluding diaryl/α,β-unsaturated/α-hetero) is 1. The molecular formula is C15H21BrClNOS. The van der Waals surface area contributed by atoms with Crippen molar-refractivity contribution < 1.29 is 4.79 Å². The van der Waals surface area contributed by atoms with Gasteiger partial charge in [0, 0.05) is 34.8 Å². The second-order valence-corrected chi connectivity index (χ2v) is 7.03.